The van der Waals surface area contributed by atoms with Crippen LogP contribution in [0, 0.1) is 34.5 Å². The third-order valence-corrected chi connectivity index (χ3v) is 5.71. The van der Waals surface area contributed by atoms with E-state index in [1.807, 2.05) is 13.8 Å². The molecule has 0 spiro atoms. The summed E-state index contributed by atoms with van der Waals surface area (Å²) in [6, 6.07) is 0. The Balaban J connectivity index is 4.61. The van der Waals surface area contributed by atoms with E-state index in [9.17, 15) is 9.59 Å². The number of rotatable bonds is 11. The van der Waals surface area contributed by atoms with Crippen LogP contribution >= 0.6 is 0 Å². The minimum Gasteiger partial charge on any atom is -0.481 e. The summed E-state index contributed by atoms with van der Waals surface area (Å²) in [5.41, 5.74) is 0.171. The number of aliphatic carboxylic acids is 2. The van der Waals surface area contributed by atoms with E-state index in [0.29, 0.717) is 0 Å². The minimum atomic E-state index is -0.727. The van der Waals surface area contributed by atoms with Crippen molar-refractivity contribution in [1.82, 2.24) is 0 Å². The average molecular weight is 343 g/mol. The summed E-state index contributed by atoms with van der Waals surface area (Å²) >= 11 is 0. The molecule has 2 N–H and O–H groups in total. The Kier molecular flexibility index (Phi) is 8.47. The topological polar surface area (TPSA) is 74.6 Å². The summed E-state index contributed by atoms with van der Waals surface area (Å²) < 4.78 is 0. The number of hydrogen-bond acceptors (Lipinski definition) is 2. The highest BCUT2D eigenvalue weighted by Gasteiger charge is 2.31. The number of carbonyl (C=O) groups is 2. The van der Waals surface area contributed by atoms with E-state index in [2.05, 4.69) is 27.7 Å². The van der Waals surface area contributed by atoms with Crippen LogP contribution in [0.3, 0.4) is 0 Å². The number of hydrogen-bond donors (Lipinski definition) is 2. The van der Waals surface area contributed by atoms with Crippen LogP contribution < -0.4 is 0 Å². The van der Waals surface area contributed by atoms with Crippen LogP contribution in [0.4, 0.5) is 0 Å². The van der Waals surface area contributed by atoms with Crippen LogP contribution in [0.1, 0.15) is 81.1 Å². The molecule has 0 rings (SSSR count). The molecule has 0 heterocycles. The molecule has 24 heavy (non-hydrogen) atoms. The van der Waals surface area contributed by atoms with E-state index in [0.717, 1.165) is 25.7 Å². The molecule has 4 nitrogen and oxygen atoms in total. The van der Waals surface area contributed by atoms with Crippen molar-refractivity contribution in [1.29, 1.82) is 0 Å². The van der Waals surface area contributed by atoms with Crippen molar-refractivity contribution < 1.29 is 19.8 Å². The van der Waals surface area contributed by atoms with Crippen molar-refractivity contribution in [2.45, 2.75) is 81.1 Å². The van der Waals surface area contributed by atoms with E-state index < -0.39 is 11.9 Å². The molecule has 0 aromatic carbocycles. The highest BCUT2D eigenvalue weighted by molar-refractivity contribution is 5.70. The van der Waals surface area contributed by atoms with Crippen molar-refractivity contribution in [3.63, 3.8) is 0 Å². The van der Waals surface area contributed by atoms with E-state index in [1.165, 1.54) is 0 Å². The molecule has 0 radical (unpaired) electrons. The van der Waals surface area contributed by atoms with Gasteiger partial charge in [-0.15, -0.1) is 0 Å². The average Bonchev–Trinajstić information content (AvgIpc) is 2.42. The zero-order valence-corrected chi connectivity index (χ0v) is 16.8. The fourth-order valence-corrected chi connectivity index (χ4v) is 3.46. The first-order valence-electron chi connectivity index (χ1n) is 9.14. The standard InChI is InChI=1S/C20H38O4/c1-13(15(3)17(21)22)11-19(5,6)9-10-20(7,8)12-14(2)16(4)18(23)24/h13-16H,9-12H2,1-8H3,(H,21,22)(H,23,24). The van der Waals surface area contributed by atoms with E-state index in [4.69, 9.17) is 10.2 Å². The molecular weight excluding hydrogens is 304 g/mol. The van der Waals surface area contributed by atoms with Gasteiger partial charge in [0.1, 0.15) is 0 Å². The predicted molar refractivity (Wildman–Crippen MR) is 98.0 cm³/mol. The highest BCUT2D eigenvalue weighted by atomic mass is 16.4. The fourth-order valence-electron chi connectivity index (χ4n) is 3.46. The van der Waals surface area contributed by atoms with Gasteiger partial charge in [0.05, 0.1) is 11.8 Å². The van der Waals surface area contributed by atoms with Gasteiger partial charge in [0.25, 0.3) is 0 Å². The number of carboxylic acid groups (broad SMARTS) is 2. The number of carboxylic acids is 2. The molecule has 4 unspecified atom stereocenters. The lowest BCUT2D eigenvalue weighted by molar-refractivity contribution is -0.144. The van der Waals surface area contributed by atoms with Gasteiger partial charge in [-0.05, 0) is 48.3 Å². The molecule has 142 valence electrons. The lowest BCUT2D eigenvalue weighted by atomic mass is 9.70. The van der Waals surface area contributed by atoms with Crippen molar-refractivity contribution in [2.75, 3.05) is 0 Å². The Morgan fingerprint density at radius 1 is 0.708 bits per heavy atom. The fraction of sp³-hybridized carbons (Fsp3) is 0.900. The highest BCUT2D eigenvalue weighted by Crippen LogP contribution is 2.40. The minimum absolute atomic E-state index is 0.0854. The molecule has 0 fully saturated rings. The Hall–Kier alpha value is -1.06. The summed E-state index contributed by atoms with van der Waals surface area (Å²) in [5.74, 6) is -1.81. The van der Waals surface area contributed by atoms with Crippen LogP contribution in [0.2, 0.25) is 0 Å². The van der Waals surface area contributed by atoms with Gasteiger partial charge in [0.15, 0.2) is 0 Å². The Labute approximate surface area is 148 Å². The SMILES string of the molecule is CC(CC(C)(C)CCC(C)(C)CC(C)C(C)C(=O)O)C(C)C(=O)O. The molecule has 0 aromatic rings. The second-order valence-corrected chi connectivity index (χ2v) is 9.45. The zero-order chi connectivity index (χ0) is 19.3. The van der Waals surface area contributed by atoms with Gasteiger partial charge >= 0.3 is 11.9 Å². The van der Waals surface area contributed by atoms with Crippen LogP contribution in [0.25, 0.3) is 0 Å². The predicted octanol–water partition coefficient (Wildman–Crippen LogP) is 5.31. The van der Waals surface area contributed by atoms with Gasteiger partial charge in [0.2, 0.25) is 0 Å². The maximum absolute atomic E-state index is 11.1. The smallest absolute Gasteiger partial charge is 0.306 e. The van der Waals surface area contributed by atoms with Gasteiger partial charge < -0.3 is 10.2 Å². The Morgan fingerprint density at radius 3 is 1.17 bits per heavy atom. The van der Waals surface area contributed by atoms with Crippen LogP contribution in [-0.4, -0.2) is 22.2 Å². The van der Waals surface area contributed by atoms with Crippen molar-refractivity contribution in [3.05, 3.63) is 0 Å². The van der Waals surface area contributed by atoms with Crippen LogP contribution in [-0.2, 0) is 9.59 Å². The molecule has 4 atom stereocenters. The Bertz CT molecular complexity index is 385. The molecule has 0 aliphatic heterocycles. The van der Waals surface area contributed by atoms with E-state index in [-0.39, 0.29) is 34.5 Å². The lowest BCUT2D eigenvalue weighted by Crippen LogP contribution is -2.27. The summed E-state index contributed by atoms with van der Waals surface area (Å²) in [6.45, 7) is 16.4. The summed E-state index contributed by atoms with van der Waals surface area (Å²) in [6.07, 6.45) is 3.81. The molecule has 0 saturated carbocycles. The zero-order valence-electron chi connectivity index (χ0n) is 16.8. The molecule has 0 amide bonds. The molecule has 4 heteroatoms. The third-order valence-electron chi connectivity index (χ3n) is 5.71. The summed E-state index contributed by atoms with van der Waals surface area (Å²) in [7, 11) is 0. The molecular formula is C20H38O4. The maximum atomic E-state index is 11.1. The molecule has 0 aliphatic rings. The van der Waals surface area contributed by atoms with Crippen LogP contribution in [0.5, 0.6) is 0 Å². The van der Waals surface area contributed by atoms with Crippen molar-refractivity contribution in [3.8, 4) is 0 Å². The van der Waals surface area contributed by atoms with E-state index in [1.54, 1.807) is 13.8 Å². The lowest BCUT2D eigenvalue weighted by Gasteiger charge is -2.35. The Morgan fingerprint density at radius 2 is 0.958 bits per heavy atom. The maximum Gasteiger partial charge on any atom is 0.306 e. The van der Waals surface area contributed by atoms with Gasteiger partial charge in [-0.25, -0.2) is 0 Å². The summed E-state index contributed by atoms with van der Waals surface area (Å²) in [4.78, 5) is 22.3. The first kappa shape index (κ1) is 22.9. The second kappa shape index (κ2) is 8.87. The van der Waals surface area contributed by atoms with Crippen LogP contribution in [0.15, 0.2) is 0 Å². The first-order valence-corrected chi connectivity index (χ1v) is 9.14. The monoisotopic (exact) mass is 342 g/mol. The van der Waals surface area contributed by atoms with Gasteiger partial charge in [0, 0.05) is 0 Å². The van der Waals surface area contributed by atoms with Crippen molar-refractivity contribution >= 4 is 11.9 Å². The second-order valence-electron chi connectivity index (χ2n) is 9.45. The first-order chi connectivity index (χ1) is 10.7. The molecule has 0 saturated heterocycles. The quantitative estimate of drug-likeness (QED) is 0.533. The largest absolute Gasteiger partial charge is 0.481 e. The third kappa shape index (κ3) is 8.16. The van der Waals surface area contributed by atoms with Gasteiger partial charge in [-0.1, -0.05) is 55.4 Å². The van der Waals surface area contributed by atoms with Gasteiger partial charge in [-0.2, -0.15) is 0 Å². The molecule has 0 bridgehead atoms. The van der Waals surface area contributed by atoms with Gasteiger partial charge in [-0.3, -0.25) is 9.59 Å². The normalized spacial score (nSPS) is 17.8. The molecule has 0 aromatic heterocycles. The summed E-state index contributed by atoms with van der Waals surface area (Å²) in [5, 5.41) is 18.3. The van der Waals surface area contributed by atoms with Crippen molar-refractivity contribution in [2.24, 2.45) is 34.5 Å². The van der Waals surface area contributed by atoms with E-state index >= 15 is 0 Å². The molecule has 0 aliphatic carbocycles.